The summed E-state index contributed by atoms with van der Waals surface area (Å²) >= 11 is 0. The molecule has 0 saturated carbocycles. The van der Waals surface area contributed by atoms with E-state index in [4.69, 9.17) is 9.26 Å². The van der Waals surface area contributed by atoms with Crippen LogP contribution < -0.4 is 14.4 Å². The second-order valence-corrected chi connectivity index (χ2v) is 8.68. The number of nitrogens with zero attached hydrogens (tertiary/aromatic N) is 3. The summed E-state index contributed by atoms with van der Waals surface area (Å²) in [5.74, 6) is 0.819. The lowest BCUT2D eigenvalue weighted by atomic mass is 10.1. The Morgan fingerprint density at radius 3 is 2.43 bits per heavy atom. The second-order valence-electron chi connectivity index (χ2n) is 6.67. The van der Waals surface area contributed by atoms with E-state index in [-0.39, 0.29) is 24.9 Å². The minimum atomic E-state index is -3.34. The summed E-state index contributed by atoms with van der Waals surface area (Å²) < 4.78 is 34.8. The maximum Gasteiger partial charge on any atom is 0.258 e. The normalized spacial score (nSPS) is 11.2. The molecule has 3 aromatic rings. The predicted octanol–water partition coefficient (Wildman–Crippen LogP) is 2.14. The highest BCUT2D eigenvalue weighted by Gasteiger charge is 2.13. The summed E-state index contributed by atoms with van der Waals surface area (Å²) in [6, 6.07) is 14.1. The van der Waals surface area contributed by atoms with E-state index < -0.39 is 10.0 Å². The van der Waals surface area contributed by atoms with Crippen molar-refractivity contribution in [2.75, 3.05) is 24.2 Å². The zero-order chi connectivity index (χ0) is 21.7. The van der Waals surface area contributed by atoms with Crippen molar-refractivity contribution in [1.29, 1.82) is 0 Å². The van der Waals surface area contributed by atoms with E-state index in [9.17, 15) is 13.2 Å². The molecular weight excluding hydrogens is 408 g/mol. The Morgan fingerprint density at radius 1 is 1.13 bits per heavy atom. The molecule has 1 aromatic heterocycles. The Morgan fingerprint density at radius 2 is 1.80 bits per heavy atom. The predicted molar refractivity (Wildman–Crippen MR) is 112 cm³/mol. The van der Waals surface area contributed by atoms with Gasteiger partial charge in [-0.3, -0.25) is 9.10 Å². The second kappa shape index (κ2) is 8.95. The third-order valence-corrected chi connectivity index (χ3v) is 5.49. The molecule has 0 atom stereocenters. The lowest BCUT2D eigenvalue weighted by Crippen LogP contribution is -2.28. The number of amides is 1. The maximum atomic E-state index is 12.0. The molecule has 3 rings (SSSR count). The minimum absolute atomic E-state index is 0.0825. The van der Waals surface area contributed by atoms with Crippen molar-refractivity contribution in [2.24, 2.45) is 0 Å². The number of benzene rings is 2. The largest absolute Gasteiger partial charge is 0.484 e. The maximum absolute atomic E-state index is 12.0. The van der Waals surface area contributed by atoms with Crippen molar-refractivity contribution in [3.8, 4) is 17.1 Å². The molecule has 0 bridgehead atoms. The summed E-state index contributed by atoms with van der Waals surface area (Å²) in [7, 11) is -1.88. The number of anilines is 1. The zero-order valence-electron chi connectivity index (χ0n) is 16.8. The van der Waals surface area contributed by atoms with E-state index in [1.165, 1.54) is 7.05 Å². The molecule has 0 saturated heterocycles. The van der Waals surface area contributed by atoms with Gasteiger partial charge in [0.25, 0.3) is 5.91 Å². The molecule has 0 unspecified atom stereocenters. The summed E-state index contributed by atoms with van der Waals surface area (Å²) in [5.41, 5.74) is 2.46. The lowest BCUT2D eigenvalue weighted by molar-refractivity contribution is -0.123. The molecule has 9 nitrogen and oxygen atoms in total. The van der Waals surface area contributed by atoms with Gasteiger partial charge in [-0.1, -0.05) is 35.0 Å². The van der Waals surface area contributed by atoms with E-state index in [0.717, 1.165) is 21.7 Å². The Kier molecular flexibility index (Phi) is 6.36. The average molecular weight is 430 g/mol. The molecule has 0 aliphatic rings. The quantitative estimate of drug-likeness (QED) is 0.582. The molecule has 1 heterocycles. The van der Waals surface area contributed by atoms with E-state index in [2.05, 4.69) is 15.5 Å². The highest BCUT2D eigenvalue weighted by molar-refractivity contribution is 7.92. The van der Waals surface area contributed by atoms with E-state index >= 15 is 0 Å². The van der Waals surface area contributed by atoms with Crippen LogP contribution in [-0.4, -0.2) is 44.4 Å². The molecule has 0 spiro atoms. The number of hydrogen-bond acceptors (Lipinski definition) is 7. The standard InChI is InChI=1S/C20H22N4O5S/c1-14-4-6-15(7-5-14)20-22-19(29-23-20)12-21-18(25)13-28-17-10-8-16(9-11-17)24(2)30(3,26)27/h4-11H,12-13H2,1-3H3,(H,21,25). The van der Waals surface area contributed by atoms with Crippen LogP contribution in [0.3, 0.4) is 0 Å². The molecule has 1 N–H and O–H groups in total. The molecule has 158 valence electrons. The first kappa shape index (κ1) is 21.3. The number of sulfonamides is 1. The number of rotatable bonds is 8. The number of hydrogen-bond donors (Lipinski definition) is 1. The summed E-state index contributed by atoms with van der Waals surface area (Å²) in [6.07, 6.45) is 1.12. The van der Waals surface area contributed by atoms with Gasteiger partial charge in [0.2, 0.25) is 21.7 Å². The molecule has 0 aliphatic heterocycles. The van der Waals surface area contributed by atoms with E-state index in [1.807, 2.05) is 31.2 Å². The van der Waals surface area contributed by atoms with E-state index in [1.54, 1.807) is 24.3 Å². The van der Waals surface area contributed by atoms with Gasteiger partial charge in [0, 0.05) is 12.6 Å². The molecular formula is C20H22N4O5S. The molecule has 2 aromatic carbocycles. The molecule has 10 heteroatoms. The fourth-order valence-corrected chi connectivity index (χ4v) is 2.97. The summed E-state index contributed by atoms with van der Waals surface area (Å²) in [5, 5.41) is 6.56. The van der Waals surface area contributed by atoms with Crippen molar-refractivity contribution < 1.29 is 22.5 Å². The molecule has 0 radical (unpaired) electrons. The van der Waals surface area contributed by atoms with Gasteiger partial charge in [-0.15, -0.1) is 0 Å². The molecule has 0 aliphatic carbocycles. The van der Waals surface area contributed by atoms with Crippen LogP contribution in [0.15, 0.2) is 53.1 Å². The third-order valence-electron chi connectivity index (χ3n) is 4.28. The first-order valence-electron chi connectivity index (χ1n) is 9.05. The molecule has 1 amide bonds. The van der Waals surface area contributed by atoms with Crippen molar-refractivity contribution >= 4 is 21.6 Å². The zero-order valence-corrected chi connectivity index (χ0v) is 17.6. The van der Waals surface area contributed by atoms with Gasteiger partial charge >= 0.3 is 0 Å². The highest BCUT2D eigenvalue weighted by atomic mass is 32.2. The Hall–Kier alpha value is -3.40. The van der Waals surface area contributed by atoms with Crippen LogP contribution in [0.5, 0.6) is 5.75 Å². The van der Waals surface area contributed by atoms with Crippen LogP contribution in [0.4, 0.5) is 5.69 Å². The number of nitrogens with one attached hydrogen (secondary N) is 1. The monoisotopic (exact) mass is 430 g/mol. The van der Waals surface area contributed by atoms with Crippen LogP contribution in [0, 0.1) is 6.92 Å². The smallest absolute Gasteiger partial charge is 0.258 e. The number of ether oxygens (including phenoxy) is 1. The van der Waals surface area contributed by atoms with Crippen molar-refractivity contribution in [2.45, 2.75) is 13.5 Å². The molecule has 30 heavy (non-hydrogen) atoms. The fraction of sp³-hybridized carbons (Fsp3) is 0.250. The average Bonchev–Trinajstić information content (AvgIpc) is 3.19. The number of carbonyl (C=O) groups excluding carboxylic acids is 1. The minimum Gasteiger partial charge on any atom is -0.484 e. The summed E-state index contributed by atoms with van der Waals surface area (Å²) in [4.78, 5) is 16.3. The number of carbonyl (C=O) groups is 1. The Balaban J connectivity index is 1.48. The van der Waals surface area contributed by atoms with Gasteiger partial charge in [0.05, 0.1) is 18.5 Å². The van der Waals surface area contributed by atoms with Crippen LogP contribution in [0.2, 0.25) is 0 Å². The SMILES string of the molecule is Cc1ccc(-c2noc(CNC(=O)COc3ccc(N(C)S(C)(=O)=O)cc3)n2)cc1. The van der Waals surface area contributed by atoms with Crippen molar-refractivity contribution in [3.63, 3.8) is 0 Å². The Bertz CT molecular complexity index is 1110. The van der Waals surface area contributed by atoms with Crippen molar-refractivity contribution in [3.05, 3.63) is 60.0 Å². The van der Waals surface area contributed by atoms with Crippen LogP contribution in [0.1, 0.15) is 11.5 Å². The van der Waals surface area contributed by atoms with Gasteiger partial charge in [0.15, 0.2) is 6.61 Å². The molecule has 0 fully saturated rings. The van der Waals surface area contributed by atoms with Gasteiger partial charge in [0.1, 0.15) is 5.75 Å². The van der Waals surface area contributed by atoms with Gasteiger partial charge in [-0.05, 0) is 31.2 Å². The first-order chi connectivity index (χ1) is 14.2. The Labute approximate surface area is 174 Å². The van der Waals surface area contributed by atoms with Gasteiger partial charge in [-0.25, -0.2) is 8.42 Å². The topological polar surface area (TPSA) is 115 Å². The van der Waals surface area contributed by atoms with Crippen LogP contribution in [0.25, 0.3) is 11.4 Å². The van der Waals surface area contributed by atoms with Crippen LogP contribution >= 0.6 is 0 Å². The number of aryl methyl sites for hydroxylation is 1. The third kappa shape index (κ3) is 5.57. The highest BCUT2D eigenvalue weighted by Crippen LogP contribution is 2.20. The lowest BCUT2D eigenvalue weighted by Gasteiger charge is -2.16. The van der Waals surface area contributed by atoms with Gasteiger partial charge < -0.3 is 14.6 Å². The summed E-state index contributed by atoms with van der Waals surface area (Å²) in [6.45, 7) is 1.87. The van der Waals surface area contributed by atoms with Crippen LogP contribution in [-0.2, 0) is 21.4 Å². The van der Waals surface area contributed by atoms with Gasteiger partial charge in [-0.2, -0.15) is 4.98 Å². The van der Waals surface area contributed by atoms with E-state index in [0.29, 0.717) is 17.3 Å². The van der Waals surface area contributed by atoms with Crippen molar-refractivity contribution in [1.82, 2.24) is 15.5 Å². The number of aromatic nitrogens is 2. The fourth-order valence-electron chi connectivity index (χ4n) is 2.46. The first-order valence-corrected chi connectivity index (χ1v) is 10.9.